The van der Waals surface area contributed by atoms with Crippen molar-refractivity contribution in [1.82, 2.24) is 0 Å². The van der Waals surface area contributed by atoms with Crippen LogP contribution in [0.5, 0.6) is 0 Å². The number of benzene rings is 2. The van der Waals surface area contributed by atoms with Crippen molar-refractivity contribution in [1.29, 1.82) is 0 Å². The van der Waals surface area contributed by atoms with Crippen LogP contribution in [-0.4, -0.2) is 13.2 Å². The zero-order chi connectivity index (χ0) is 21.7. The van der Waals surface area contributed by atoms with Crippen molar-refractivity contribution in [3.63, 3.8) is 0 Å². The first kappa shape index (κ1) is 23.7. The van der Waals surface area contributed by atoms with Crippen LogP contribution in [0.1, 0.15) is 87.8 Å². The molecule has 0 bridgehead atoms. The maximum Gasteiger partial charge on any atom is 0.0506 e. The van der Waals surface area contributed by atoms with E-state index < -0.39 is 0 Å². The van der Waals surface area contributed by atoms with Crippen LogP contribution in [0.4, 0.5) is 0 Å². The van der Waals surface area contributed by atoms with Crippen LogP contribution in [0.3, 0.4) is 0 Å². The van der Waals surface area contributed by atoms with Crippen LogP contribution in [0, 0.1) is 13.8 Å². The molecule has 0 aliphatic carbocycles. The minimum absolute atomic E-state index is 0.250. The van der Waals surface area contributed by atoms with E-state index in [2.05, 4.69) is 91.8 Å². The SMILES string of the molecule is CCC(C)(C)c1ccc(CCOCCc2ccc(C(C)(C)CC)cc2C)c(C)c1. The van der Waals surface area contributed by atoms with Gasteiger partial charge in [0.05, 0.1) is 13.2 Å². The van der Waals surface area contributed by atoms with Gasteiger partial charge in [-0.2, -0.15) is 0 Å². The fourth-order valence-corrected chi connectivity index (χ4v) is 3.67. The Morgan fingerprint density at radius 3 is 1.34 bits per heavy atom. The smallest absolute Gasteiger partial charge is 0.0506 e. The summed E-state index contributed by atoms with van der Waals surface area (Å²) in [5.74, 6) is 0. The average molecular weight is 395 g/mol. The highest BCUT2D eigenvalue weighted by molar-refractivity contribution is 5.36. The maximum atomic E-state index is 5.99. The minimum atomic E-state index is 0.250. The molecule has 2 aromatic rings. The van der Waals surface area contributed by atoms with E-state index >= 15 is 0 Å². The molecule has 0 aromatic heterocycles. The van der Waals surface area contributed by atoms with E-state index in [1.54, 1.807) is 0 Å². The van der Waals surface area contributed by atoms with E-state index in [1.165, 1.54) is 33.4 Å². The number of ether oxygens (including phenoxy) is 1. The molecule has 2 aromatic carbocycles. The molecule has 0 heterocycles. The van der Waals surface area contributed by atoms with Crippen molar-refractivity contribution in [2.45, 2.75) is 91.9 Å². The third-order valence-corrected chi connectivity index (χ3v) is 7.05. The highest BCUT2D eigenvalue weighted by atomic mass is 16.5. The van der Waals surface area contributed by atoms with E-state index in [0.29, 0.717) is 0 Å². The molecular weight excluding hydrogens is 352 g/mol. The van der Waals surface area contributed by atoms with E-state index in [9.17, 15) is 0 Å². The van der Waals surface area contributed by atoms with Crippen LogP contribution in [0.15, 0.2) is 36.4 Å². The van der Waals surface area contributed by atoms with Crippen LogP contribution in [0.2, 0.25) is 0 Å². The van der Waals surface area contributed by atoms with Crippen molar-refractivity contribution in [2.24, 2.45) is 0 Å². The van der Waals surface area contributed by atoms with Gasteiger partial charge in [-0.15, -0.1) is 0 Å². The van der Waals surface area contributed by atoms with Gasteiger partial charge in [0.2, 0.25) is 0 Å². The topological polar surface area (TPSA) is 9.23 Å². The summed E-state index contributed by atoms with van der Waals surface area (Å²) in [5.41, 5.74) is 8.96. The fourth-order valence-electron chi connectivity index (χ4n) is 3.67. The first-order valence-corrected chi connectivity index (χ1v) is 11.4. The second kappa shape index (κ2) is 9.94. The van der Waals surface area contributed by atoms with E-state index in [0.717, 1.165) is 38.9 Å². The van der Waals surface area contributed by atoms with Gasteiger partial charge in [-0.25, -0.2) is 0 Å². The summed E-state index contributed by atoms with van der Waals surface area (Å²) in [6.07, 6.45) is 4.29. The molecule has 0 atom stereocenters. The molecule has 0 radical (unpaired) electrons. The van der Waals surface area contributed by atoms with Gasteiger partial charge >= 0.3 is 0 Å². The highest BCUT2D eigenvalue weighted by Crippen LogP contribution is 2.29. The second-order valence-electron chi connectivity index (χ2n) is 9.87. The summed E-state index contributed by atoms with van der Waals surface area (Å²) in [4.78, 5) is 0. The minimum Gasteiger partial charge on any atom is -0.381 e. The number of hydrogen-bond donors (Lipinski definition) is 0. The highest BCUT2D eigenvalue weighted by Gasteiger charge is 2.19. The van der Waals surface area contributed by atoms with Crippen LogP contribution in [-0.2, 0) is 28.4 Å². The summed E-state index contributed by atoms with van der Waals surface area (Å²) >= 11 is 0. The van der Waals surface area contributed by atoms with Gasteiger partial charge in [0.25, 0.3) is 0 Å². The predicted octanol–water partition coefficient (Wildman–Crippen LogP) is 7.48. The molecule has 0 amide bonds. The summed E-state index contributed by atoms with van der Waals surface area (Å²) in [6, 6.07) is 13.9. The molecule has 0 saturated heterocycles. The van der Waals surface area contributed by atoms with Crippen molar-refractivity contribution >= 4 is 0 Å². The Morgan fingerprint density at radius 2 is 1.03 bits per heavy atom. The third kappa shape index (κ3) is 6.19. The Bertz CT molecular complexity index is 730. The summed E-state index contributed by atoms with van der Waals surface area (Å²) in [5, 5.41) is 0. The summed E-state index contributed by atoms with van der Waals surface area (Å²) in [6.45, 7) is 19.8. The third-order valence-electron chi connectivity index (χ3n) is 7.05. The van der Waals surface area contributed by atoms with Crippen molar-refractivity contribution in [3.05, 3.63) is 69.8 Å². The predicted molar refractivity (Wildman–Crippen MR) is 127 cm³/mol. The lowest BCUT2D eigenvalue weighted by atomic mass is 9.81. The van der Waals surface area contributed by atoms with Crippen LogP contribution in [0.25, 0.3) is 0 Å². The summed E-state index contributed by atoms with van der Waals surface area (Å²) < 4.78 is 5.99. The number of hydrogen-bond acceptors (Lipinski definition) is 1. The summed E-state index contributed by atoms with van der Waals surface area (Å²) in [7, 11) is 0. The molecule has 160 valence electrons. The Hall–Kier alpha value is -1.60. The Kier molecular flexibility index (Phi) is 8.11. The molecule has 1 nitrogen and oxygen atoms in total. The lowest BCUT2D eigenvalue weighted by molar-refractivity contribution is 0.140. The lowest BCUT2D eigenvalue weighted by Gasteiger charge is -2.24. The number of aryl methyl sites for hydroxylation is 2. The van der Waals surface area contributed by atoms with Crippen molar-refractivity contribution in [3.8, 4) is 0 Å². The lowest BCUT2D eigenvalue weighted by Crippen LogP contribution is -2.16. The van der Waals surface area contributed by atoms with Gasteiger partial charge in [-0.05, 0) is 83.7 Å². The molecule has 0 saturated carbocycles. The van der Waals surface area contributed by atoms with Gasteiger partial charge < -0.3 is 4.74 Å². The van der Waals surface area contributed by atoms with E-state index in [1.807, 2.05) is 0 Å². The zero-order valence-electron chi connectivity index (χ0n) is 20.1. The van der Waals surface area contributed by atoms with E-state index in [4.69, 9.17) is 4.74 Å². The monoisotopic (exact) mass is 394 g/mol. The second-order valence-corrected chi connectivity index (χ2v) is 9.87. The Labute approximate surface area is 179 Å². The maximum absolute atomic E-state index is 5.99. The first-order valence-electron chi connectivity index (χ1n) is 11.4. The van der Waals surface area contributed by atoms with Crippen LogP contribution >= 0.6 is 0 Å². The van der Waals surface area contributed by atoms with Gasteiger partial charge in [0.15, 0.2) is 0 Å². The molecule has 0 spiro atoms. The van der Waals surface area contributed by atoms with E-state index in [-0.39, 0.29) is 10.8 Å². The molecule has 29 heavy (non-hydrogen) atoms. The molecule has 2 rings (SSSR count). The largest absolute Gasteiger partial charge is 0.381 e. The van der Waals surface area contributed by atoms with Gasteiger partial charge in [-0.1, -0.05) is 77.9 Å². The fraction of sp³-hybridized carbons (Fsp3) is 0.571. The molecule has 0 aliphatic rings. The molecule has 1 heteroatoms. The normalized spacial score (nSPS) is 12.4. The van der Waals surface area contributed by atoms with Crippen LogP contribution < -0.4 is 0 Å². The van der Waals surface area contributed by atoms with Gasteiger partial charge in [0.1, 0.15) is 0 Å². The zero-order valence-corrected chi connectivity index (χ0v) is 20.1. The first-order chi connectivity index (χ1) is 13.6. The Balaban J connectivity index is 1.85. The average Bonchev–Trinajstić information content (AvgIpc) is 2.69. The molecule has 0 aliphatic heterocycles. The van der Waals surface area contributed by atoms with Crippen molar-refractivity contribution in [2.75, 3.05) is 13.2 Å². The molecule has 0 unspecified atom stereocenters. The number of rotatable bonds is 10. The quantitative estimate of drug-likeness (QED) is 0.379. The van der Waals surface area contributed by atoms with Gasteiger partial charge in [0, 0.05) is 0 Å². The Morgan fingerprint density at radius 1 is 0.655 bits per heavy atom. The molecular formula is C28H42O. The standard InChI is InChI=1S/C28H42O/c1-9-27(5,6)25-13-11-23(21(3)19-25)15-17-29-18-16-24-12-14-26(20-22(24)4)28(7,8)10-2/h11-14,19-20H,9-10,15-18H2,1-8H3. The molecule has 0 N–H and O–H groups in total. The molecule has 0 fully saturated rings. The van der Waals surface area contributed by atoms with Crippen molar-refractivity contribution < 1.29 is 4.74 Å². The van der Waals surface area contributed by atoms with Gasteiger partial charge in [-0.3, -0.25) is 0 Å².